The van der Waals surface area contributed by atoms with Gasteiger partial charge in [0.1, 0.15) is 23.8 Å². The highest BCUT2D eigenvalue weighted by molar-refractivity contribution is 5.93. The van der Waals surface area contributed by atoms with Gasteiger partial charge in [0.15, 0.2) is 0 Å². The molecule has 0 spiro atoms. The molecule has 1 unspecified atom stereocenters. The van der Waals surface area contributed by atoms with Crippen LogP contribution < -0.4 is 10.2 Å². The maximum Gasteiger partial charge on any atom is 0.225 e. The number of likely N-dealkylation sites (tertiary alicyclic amines) is 1. The number of nitrogens with zero attached hydrogens (tertiary/aromatic N) is 6. The molecule has 0 radical (unpaired) electrons. The van der Waals surface area contributed by atoms with Crippen LogP contribution in [0.1, 0.15) is 68.4 Å². The number of piperidine rings is 1. The molecule has 9 nitrogen and oxygen atoms in total. The summed E-state index contributed by atoms with van der Waals surface area (Å²) in [5.74, 6) is 3.70. The zero-order valence-corrected chi connectivity index (χ0v) is 19.7. The Kier molecular flexibility index (Phi) is 6.34. The Balaban J connectivity index is 1.28. The Labute approximate surface area is 195 Å². The highest BCUT2D eigenvalue weighted by Crippen LogP contribution is 2.34. The highest BCUT2D eigenvalue weighted by atomic mass is 16.3. The molecule has 5 heterocycles. The van der Waals surface area contributed by atoms with E-state index in [0.717, 1.165) is 75.6 Å². The lowest BCUT2D eigenvalue weighted by atomic mass is 9.95. The number of hydrogen-bond donors (Lipinski definition) is 2. The van der Waals surface area contributed by atoms with Gasteiger partial charge >= 0.3 is 0 Å². The molecule has 0 aromatic carbocycles. The van der Waals surface area contributed by atoms with E-state index in [2.05, 4.69) is 49.7 Å². The summed E-state index contributed by atoms with van der Waals surface area (Å²) >= 11 is 0. The van der Waals surface area contributed by atoms with E-state index in [4.69, 9.17) is 4.98 Å². The molecule has 2 aromatic heterocycles. The van der Waals surface area contributed by atoms with Gasteiger partial charge in [-0.05, 0) is 31.6 Å². The van der Waals surface area contributed by atoms with Crippen molar-refractivity contribution in [2.75, 3.05) is 42.9 Å². The number of rotatable bonds is 6. The van der Waals surface area contributed by atoms with E-state index < -0.39 is 0 Å². The molecule has 0 bridgehead atoms. The number of imidazole rings is 1. The van der Waals surface area contributed by atoms with Crippen molar-refractivity contribution in [1.29, 1.82) is 0 Å². The van der Waals surface area contributed by atoms with Gasteiger partial charge in [0, 0.05) is 63.4 Å². The number of aliphatic hydroxyl groups is 1. The fourth-order valence-corrected chi connectivity index (χ4v) is 5.29. The van der Waals surface area contributed by atoms with E-state index in [-0.39, 0.29) is 12.0 Å². The summed E-state index contributed by atoms with van der Waals surface area (Å²) in [4.78, 5) is 30.4. The van der Waals surface area contributed by atoms with Crippen molar-refractivity contribution in [3.05, 3.63) is 29.6 Å². The molecule has 2 N–H and O–H groups in total. The average molecular weight is 454 g/mol. The lowest BCUT2D eigenvalue weighted by Gasteiger charge is -2.34. The maximum absolute atomic E-state index is 11.7. The molecule has 3 aliphatic rings. The Morgan fingerprint density at radius 1 is 1.12 bits per heavy atom. The number of aliphatic hydroxyl groups excluding tert-OH is 1. The van der Waals surface area contributed by atoms with Gasteiger partial charge in [-0.3, -0.25) is 9.69 Å². The van der Waals surface area contributed by atoms with Crippen molar-refractivity contribution in [3.8, 4) is 0 Å². The van der Waals surface area contributed by atoms with E-state index in [1.807, 2.05) is 0 Å². The molecular formula is C24H35N7O2. The van der Waals surface area contributed by atoms with E-state index in [1.165, 1.54) is 5.82 Å². The number of anilines is 2. The number of nitrogens with one attached hydrogen (secondary N) is 1. The smallest absolute Gasteiger partial charge is 0.225 e. The van der Waals surface area contributed by atoms with Crippen LogP contribution >= 0.6 is 0 Å². The van der Waals surface area contributed by atoms with Crippen molar-refractivity contribution in [3.63, 3.8) is 0 Å². The number of β-amino-alcohol motifs (C(OH)–C–C–N with tert-alkyl or cyclic N) is 1. The fourth-order valence-electron chi connectivity index (χ4n) is 5.29. The number of hydrogen-bond acceptors (Lipinski definition) is 7. The fraction of sp³-hybridized carbons (Fsp3) is 0.667. The van der Waals surface area contributed by atoms with E-state index in [9.17, 15) is 9.90 Å². The normalized spacial score (nSPS) is 22.1. The number of fused-ring (bicyclic) bond motifs is 1. The second-order valence-corrected chi connectivity index (χ2v) is 9.95. The minimum atomic E-state index is -0.177. The first-order chi connectivity index (χ1) is 16.0. The molecule has 2 saturated heterocycles. The molecule has 5 rings (SSSR count). The largest absolute Gasteiger partial charge is 0.392 e. The van der Waals surface area contributed by atoms with Gasteiger partial charge < -0.3 is 19.9 Å². The minimum Gasteiger partial charge on any atom is -0.392 e. The number of aromatic nitrogens is 4. The van der Waals surface area contributed by atoms with Crippen molar-refractivity contribution in [2.24, 2.45) is 0 Å². The molecule has 0 saturated carbocycles. The Morgan fingerprint density at radius 3 is 2.67 bits per heavy atom. The summed E-state index contributed by atoms with van der Waals surface area (Å²) in [5, 5.41) is 12.7. The molecule has 178 valence electrons. The standard InChI is InChI=1S/C24H35N7O2/c1-16(2)20-14-31(12-11-29-8-7-18(32)13-29)23(27-20)17-5-9-30(10-6-17)24-19-3-4-21(33)28-22(19)25-15-26-24/h14-18,32H,3-13H2,1-2H3,(H,25,26,28,33). The number of carbonyl (C=O) groups excluding carboxylic acids is 1. The molecule has 1 atom stereocenters. The van der Waals surface area contributed by atoms with Crippen molar-refractivity contribution < 1.29 is 9.90 Å². The zero-order chi connectivity index (χ0) is 22.9. The Hall–Kier alpha value is -2.52. The monoisotopic (exact) mass is 453 g/mol. The Bertz CT molecular complexity index is 997. The summed E-state index contributed by atoms with van der Waals surface area (Å²) in [6.07, 6.45) is 7.75. The van der Waals surface area contributed by atoms with Crippen LogP contribution in [0, 0.1) is 0 Å². The van der Waals surface area contributed by atoms with E-state index >= 15 is 0 Å². The first-order valence-electron chi connectivity index (χ1n) is 12.3. The SMILES string of the molecule is CC(C)c1cn(CCN2CCC(O)C2)c(C2CCN(c3ncnc4c3CCC(=O)N4)CC2)n1. The number of amides is 1. The van der Waals surface area contributed by atoms with Crippen LogP contribution in [0.15, 0.2) is 12.5 Å². The summed E-state index contributed by atoms with van der Waals surface area (Å²) < 4.78 is 2.36. The molecule has 2 aromatic rings. The third-order valence-corrected chi connectivity index (χ3v) is 7.26. The average Bonchev–Trinajstić information content (AvgIpc) is 3.43. The summed E-state index contributed by atoms with van der Waals surface area (Å²) in [6, 6.07) is 0. The van der Waals surface area contributed by atoms with Gasteiger partial charge in [-0.25, -0.2) is 15.0 Å². The first-order valence-corrected chi connectivity index (χ1v) is 12.3. The van der Waals surface area contributed by atoms with Crippen molar-refractivity contribution in [2.45, 2.75) is 70.4 Å². The maximum atomic E-state index is 11.7. The zero-order valence-electron chi connectivity index (χ0n) is 19.7. The van der Waals surface area contributed by atoms with Gasteiger partial charge in [-0.15, -0.1) is 0 Å². The first kappa shape index (κ1) is 22.3. The van der Waals surface area contributed by atoms with Crippen LogP contribution in [0.5, 0.6) is 0 Å². The molecular weight excluding hydrogens is 418 g/mol. The van der Waals surface area contributed by atoms with Crippen LogP contribution in [0.3, 0.4) is 0 Å². The van der Waals surface area contributed by atoms with E-state index in [1.54, 1.807) is 6.33 Å². The van der Waals surface area contributed by atoms with Gasteiger partial charge in [0.25, 0.3) is 0 Å². The van der Waals surface area contributed by atoms with Gasteiger partial charge in [-0.1, -0.05) is 13.8 Å². The Morgan fingerprint density at radius 2 is 1.94 bits per heavy atom. The number of carbonyl (C=O) groups is 1. The highest BCUT2D eigenvalue weighted by Gasteiger charge is 2.29. The lowest BCUT2D eigenvalue weighted by molar-refractivity contribution is -0.116. The quantitative estimate of drug-likeness (QED) is 0.691. The predicted molar refractivity (Wildman–Crippen MR) is 127 cm³/mol. The topological polar surface area (TPSA) is 99.4 Å². The van der Waals surface area contributed by atoms with Crippen LogP contribution in [0.25, 0.3) is 0 Å². The van der Waals surface area contributed by atoms with Crippen LogP contribution in [0.2, 0.25) is 0 Å². The van der Waals surface area contributed by atoms with Crippen LogP contribution in [-0.2, 0) is 17.8 Å². The summed E-state index contributed by atoms with van der Waals surface area (Å²) in [5.41, 5.74) is 2.22. The molecule has 1 amide bonds. The predicted octanol–water partition coefficient (Wildman–Crippen LogP) is 2.13. The van der Waals surface area contributed by atoms with Crippen molar-refractivity contribution >= 4 is 17.5 Å². The summed E-state index contributed by atoms with van der Waals surface area (Å²) in [6.45, 7) is 9.87. The van der Waals surface area contributed by atoms with Gasteiger partial charge in [0.2, 0.25) is 5.91 Å². The third-order valence-electron chi connectivity index (χ3n) is 7.26. The second kappa shape index (κ2) is 9.38. The second-order valence-electron chi connectivity index (χ2n) is 9.95. The van der Waals surface area contributed by atoms with Gasteiger partial charge in [0.05, 0.1) is 11.8 Å². The molecule has 0 aliphatic carbocycles. The molecule has 3 aliphatic heterocycles. The third kappa shape index (κ3) is 4.75. The summed E-state index contributed by atoms with van der Waals surface area (Å²) in [7, 11) is 0. The lowest BCUT2D eigenvalue weighted by Crippen LogP contribution is -2.36. The van der Waals surface area contributed by atoms with Crippen LogP contribution in [-0.4, -0.2) is 74.3 Å². The van der Waals surface area contributed by atoms with Gasteiger partial charge in [-0.2, -0.15) is 0 Å². The molecule has 9 heteroatoms. The van der Waals surface area contributed by atoms with Crippen LogP contribution in [0.4, 0.5) is 11.6 Å². The molecule has 2 fully saturated rings. The minimum absolute atomic E-state index is 0.0297. The van der Waals surface area contributed by atoms with E-state index in [0.29, 0.717) is 30.5 Å². The van der Waals surface area contributed by atoms with Crippen molar-refractivity contribution in [1.82, 2.24) is 24.4 Å². The molecule has 33 heavy (non-hydrogen) atoms.